The van der Waals surface area contributed by atoms with Crippen molar-refractivity contribution in [2.24, 2.45) is 11.8 Å². The van der Waals surface area contributed by atoms with E-state index in [4.69, 9.17) is 4.74 Å². The van der Waals surface area contributed by atoms with Crippen LogP contribution in [-0.2, 0) is 25.7 Å². The first-order valence-corrected chi connectivity index (χ1v) is 13.9. The zero-order valence-electron chi connectivity index (χ0n) is 22.7. The molecule has 2 saturated heterocycles. The summed E-state index contributed by atoms with van der Waals surface area (Å²) in [6, 6.07) is 8.24. The maximum atomic E-state index is 14.4. The molecule has 38 heavy (non-hydrogen) atoms. The van der Waals surface area contributed by atoms with Gasteiger partial charge in [0.05, 0.1) is 30.1 Å². The van der Waals surface area contributed by atoms with Crippen molar-refractivity contribution in [3.05, 3.63) is 60.2 Å². The summed E-state index contributed by atoms with van der Waals surface area (Å²) in [5.74, 6) is -2.28. The van der Waals surface area contributed by atoms with Gasteiger partial charge in [0.1, 0.15) is 11.6 Å². The van der Waals surface area contributed by atoms with Crippen molar-refractivity contribution < 1.29 is 24.2 Å². The van der Waals surface area contributed by atoms with E-state index >= 15 is 0 Å². The fourth-order valence-corrected chi connectivity index (χ4v) is 6.99. The number of hydrogen-bond acceptors (Lipinski definition) is 5. The summed E-state index contributed by atoms with van der Waals surface area (Å²) in [5.41, 5.74) is -1.30. The molecule has 8 heteroatoms. The number of carbonyl (C=O) groups excluding carboxylic acids is 3. The smallest absolute Gasteiger partial charge is 0.249 e. The van der Waals surface area contributed by atoms with Crippen LogP contribution in [0.4, 0.5) is 0 Å². The second-order valence-corrected chi connectivity index (χ2v) is 11.2. The van der Waals surface area contributed by atoms with Gasteiger partial charge in [0, 0.05) is 25.7 Å². The van der Waals surface area contributed by atoms with E-state index in [1.165, 1.54) is 0 Å². The van der Waals surface area contributed by atoms with Crippen LogP contribution in [0.3, 0.4) is 0 Å². The molecule has 1 aromatic carbocycles. The molecule has 4 aliphatic rings. The summed E-state index contributed by atoms with van der Waals surface area (Å²) >= 11 is 0. The minimum Gasteiger partial charge on any atom is -0.394 e. The SMILES string of the molecule is CC[C@@H](CO)N1C(=O)[C@@H]2[C@@H]3C(=O)N(Cc4ccccc4)CC=C[C@]3(CC)O[C@@]23C=CCN(C(C)C)C(=O)C13. The van der Waals surface area contributed by atoms with Gasteiger partial charge in [0.2, 0.25) is 17.7 Å². The molecule has 3 amide bonds. The van der Waals surface area contributed by atoms with Gasteiger partial charge in [-0.1, -0.05) is 68.5 Å². The molecular weight excluding hydrogens is 482 g/mol. The summed E-state index contributed by atoms with van der Waals surface area (Å²) in [7, 11) is 0. The van der Waals surface area contributed by atoms with Crippen molar-refractivity contribution in [2.45, 2.75) is 76.4 Å². The molecular formula is C30H39N3O5. The first kappa shape index (κ1) is 26.6. The van der Waals surface area contributed by atoms with E-state index in [1.54, 1.807) is 14.7 Å². The highest BCUT2D eigenvalue weighted by atomic mass is 16.5. The quantitative estimate of drug-likeness (QED) is 0.557. The Kier molecular flexibility index (Phi) is 6.99. The molecule has 2 fully saturated rings. The van der Waals surface area contributed by atoms with Crippen LogP contribution in [0.1, 0.15) is 46.1 Å². The van der Waals surface area contributed by atoms with Crippen LogP contribution < -0.4 is 0 Å². The number of nitrogens with zero attached hydrogens (tertiary/aromatic N) is 3. The number of aliphatic hydroxyl groups is 1. The topological polar surface area (TPSA) is 90.4 Å². The van der Waals surface area contributed by atoms with E-state index in [2.05, 4.69) is 0 Å². The Morgan fingerprint density at radius 3 is 2.32 bits per heavy atom. The van der Waals surface area contributed by atoms with Gasteiger partial charge < -0.3 is 24.5 Å². The Morgan fingerprint density at radius 1 is 0.974 bits per heavy atom. The van der Waals surface area contributed by atoms with Gasteiger partial charge in [0.25, 0.3) is 0 Å². The van der Waals surface area contributed by atoms with E-state index in [1.807, 2.05) is 82.3 Å². The van der Waals surface area contributed by atoms with E-state index in [9.17, 15) is 19.5 Å². The van der Waals surface area contributed by atoms with E-state index in [0.29, 0.717) is 32.5 Å². The Hall–Kier alpha value is -2.97. The van der Waals surface area contributed by atoms with Crippen LogP contribution in [0.15, 0.2) is 54.6 Å². The van der Waals surface area contributed by atoms with Gasteiger partial charge in [0.15, 0.2) is 0 Å². The lowest BCUT2D eigenvalue weighted by atomic mass is 9.73. The summed E-state index contributed by atoms with van der Waals surface area (Å²) < 4.78 is 6.97. The third-order valence-corrected chi connectivity index (χ3v) is 8.91. The van der Waals surface area contributed by atoms with Gasteiger partial charge in [-0.15, -0.1) is 0 Å². The number of aliphatic hydroxyl groups excluding tert-OH is 1. The lowest BCUT2D eigenvalue weighted by Gasteiger charge is -2.41. The predicted molar refractivity (Wildman–Crippen MR) is 143 cm³/mol. The van der Waals surface area contributed by atoms with Gasteiger partial charge in [-0.05, 0) is 32.3 Å². The molecule has 0 aliphatic carbocycles. The first-order valence-electron chi connectivity index (χ1n) is 13.9. The molecule has 1 unspecified atom stereocenters. The number of benzene rings is 1. The highest BCUT2D eigenvalue weighted by molar-refractivity contribution is 6.00. The zero-order valence-corrected chi connectivity index (χ0v) is 22.7. The highest BCUT2D eigenvalue weighted by Gasteiger charge is 2.75. The fraction of sp³-hybridized carbons (Fsp3) is 0.567. The minimum absolute atomic E-state index is 0.0811. The number of fused-ring (bicyclic) bond motifs is 2. The Bertz CT molecular complexity index is 1150. The summed E-state index contributed by atoms with van der Waals surface area (Å²) in [5, 5.41) is 10.3. The minimum atomic E-state index is -1.29. The Labute approximate surface area is 224 Å². The monoisotopic (exact) mass is 521 g/mol. The van der Waals surface area contributed by atoms with Gasteiger partial charge in [-0.2, -0.15) is 0 Å². The predicted octanol–water partition coefficient (Wildman–Crippen LogP) is 2.52. The molecule has 0 bridgehead atoms. The van der Waals surface area contributed by atoms with Gasteiger partial charge in [-0.3, -0.25) is 14.4 Å². The van der Waals surface area contributed by atoms with Crippen LogP contribution in [-0.4, -0.2) is 86.6 Å². The second kappa shape index (κ2) is 9.97. The van der Waals surface area contributed by atoms with Crippen LogP contribution in [0, 0.1) is 11.8 Å². The average molecular weight is 522 g/mol. The molecule has 1 aromatic rings. The number of carbonyl (C=O) groups is 3. The standard InChI is InChI=1S/C30H39N3O5/c1-5-22(19-34)33-25-28(37)32(20(3)4)17-11-15-30(25)24(27(33)36)23-26(35)31(18-21-12-8-7-9-13-21)16-10-14-29(23,6-2)38-30/h7-15,20,22-25,34H,5-6,16-19H2,1-4H3/t22-,23+,24-,25?,29-,30-/m0/s1. The number of rotatable bonds is 7. The number of likely N-dealkylation sites (tertiary alicyclic amines) is 1. The van der Waals surface area contributed by atoms with Gasteiger partial charge in [-0.25, -0.2) is 0 Å². The third-order valence-electron chi connectivity index (χ3n) is 8.91. The van der Waals surface area contributed by atoms with Crippen molar-refractivity contribution in [3.8, 4) is 0 Å². The molecule has 0 saturated carbocycles. The maximum Gasteiger partial charge on any atom is 0.249 e. The van der Waals surface area contributed by atoms with E-state index in [-0.39, 0.29) is 30.4 Å². The summed E-state index contributed by atoms with van der Waals surface area (Å²) in [4.78, 5) is 48.0. The number of ether oxygens (including phenoxy) is 1. The van der Waals surface area contributed by atoms with Gasteiger partial charge >= 0.3 is 0 Å². The lowest BCUT2D eigenvalue weighted by Crippen LogP contribution is -2.59. The molecule has 4 aliphatic heterocycles. The normalized spacial score (nSPS) is 33.4. The van der Waals surface area contributed by atoms with Crippen LogP contribution in [0.2, 0.25) is 0 Å². The van der Waals surface area contributed by atoms with Crippen LogP contribution in [0.25, 0.3) is 0 Å². The molecule has 0 aromatic heterocycles. The summed E-state index contributed by atoms with van der Waals surface area (Å²) in [6.45, 7) is 8.74. The number of hydrogen-bond donors (Lipinski definition) is 1. The first-order chi connectivity index (χ1) is 18.2. The van der Waals surface area contributed by atoms with E-state index in [0.717, 1.165) is 5.56 Å². The second-order valence-electron chi connectivity index (χ2n) is 11.2. The fourth-order valence-electron chi connectivity index (χ4n) is 6.99. The molecule has 4 heterocycles. The molecule has 5 rings (SSSR count). The Morgan fingerprint density at radius 2 is 1.68 bits per heavy atom. The van der Waals surface area contributed by atoms with Crippen molar-refractivity contribution in [1.82, 2.24) is 14.7 Å². The Balaban J connectivity index is 1.65. The largest absolute Gasteiger partial charge is 0.394 e. The maximum absolute atomic E-state index is 14.4. The molecule has 1 N–H and O–H groups in total. The van der Waals surface area contributed by atoms with Crippen molar-refractivity contribution in [2.75, 3.05) is 19.7 Å². The molecule has 1 spiro atoms. The molecule has 8 nitrogen and oxygen atoms in total. The highest BCUT2D eigenvalue weighted by Crippen LogP contribution is 2.59. The third kappa shape index (κ3) is 3.83. The van der Waals surface area contributed by atoms with Crippen molar-refractivity contribution in [1.29, 1.82) is 0 Å². The molecule has 204 valence electrons. The zero-order chi connectivity index (χ0) is 27.2. The van der Waals surface area contributed by atoms with Crippen LogP contribution >= 0.6 is 0 Å². The average Bonchev–Trinajstić information content (AvgIpc) is 3.20. The van der Waals surface area contributed by atoms with E-state index < -0.39 is 35.1 Å². The van der Waals surface area contributed by atoms with Crippen molar-refractivity contribution in [3.63, 3.8) is 0 Å². The van der Waals surface area contributed by atoms with Crippen molar-refractivity contribution >= 4 is 17.7 Å². The number of amides is 3. The molecule has 0 radical (unpaired) electrons. The summed E-state index contributed by atoms with van der Waals surface area (Å²) in [6.07, 6.45) is 8.67. The van der Waals surface area contributed by atoms with Crippen LogP contribution in [0.5, 0.6) is 0 Å². The lowest BCUT2D eigenvalue weighted by molar-refractivity contribution is -0.158. The molecule has 6 atom stereocenters.